The number of carbonyl (C=O) groups excluding carboxylic acids is 1. The fraction of sp³-hybridized carbons (Fsp3) is 0.467. The number of amides is 1. The van der Waals surface area contributed by atoms with Crippen LogP contribution >= 0.6 is 11.6 Å². The molecule has 2 aliphatic rings. The van der Waals surface area contributed by atoms with Crippen LogP contribution in [-0.2, 0) is 16.1 Å². The molecule has 0 bridgehead atoms. The third kappa shape index (κ3) is 3.11. The number of ether oxygens (including phenoxy) is 2. The summed E-state index contributed by atoms with van der Waals surface area (Å²) in [6.45, 7) is 1.39. The van der Waals surface area contributed by atoms with Gasteiger partial charge in [0.05, 0.1) is 30.1 Å². The van der Waals surface area contributed by atoms with Crippen LogP contribution in [0.3, 0.4) is 0 Å². The summed E-state index contributed by atoms with van der Waals surface area (Å²) in [4.78, 5) is 22.6. The normalized spacial score (nSPS) is 22.6. The molecule has 7 heteroatoms. The number of carboxylic acids is 1. The lowest BCUT2D eigenvalue weighted by molar-refractivity contribution is -0.140. The number of fused-ring (bicyclic) bond motifs is 1. The molecule has 1 aliphatic carbocycles. The minimum Gasteiger partial charge on any atom is -0.489 e. The van der Waals surface area contributed by atoms with Gasteiger partial charge in [0, 0.05) is 13.0 Å². The van der Waals surface area contributed by atoms with E-state index in [0.29, 0.717) is 36.2 Å². The molecule has 6 nitrogen and oxygen atoms in total. The second-order valence-electron chi connectivity index (χ2n) is 5.46. The third-order valence-corrected chi connectivity index (χ3v) is 4.05. The number of hydrogen-bond donors (Lipinski definition) is 2. The van der Waals surface area contributed by atoms with Crippen molar-refractivity contribution in [2.45, 2.75) is 19.4 Å². The summed E-state index contributed by atoms with van der Waals surface area (Å²) in [5.41, 5.74) is 0.787. The molecule has 3 rings (SSSR count). The zero-order valence-electron chi connectivity index (χ0n) is 11.8. The average Bonchev–Trinajstić information content (AvgIpc) is 3.28. The van der Waals surface area contributed by atoms with E-state index in [9.17, 15) is 9.59 Å². The van der Waals surface area contributed by atoms with Gasteiger partial charge < -0.3 is 19.9 Å². The van der Waals surface area contributed by atoms with E-state index < -0.39 is 17.8 Å². The van der Waals surface area contributed by atoms with E-state index in [4.69, 9.17) is 26.2 Å². The van der Waals surface area contributed by atoms with E-state index in [1.807, 2.05) is 0 Å². The van der Waals surface area contributed by atoms with Crippen molar-refractivity contribution in [1.82, 2.24) is 5.32 Å². The maximum absolute atomic E-state index is 11.9. The van der Waals surface area contributed by atoms with E-state index >= 15 is 0 Å². The highest BCUT2D eigenvalue weighted by atomic mass is 35.5. The van der Waals surface area contributed by atoms with Gasteiger partial charge in [0.2, 0.25) is 5.91 Å². The van der Waals surface area contributed by atoms with Crippen molar-refractivity contribution in [2.75, 3.05) is 13.2 Å². The van der Waals surface area contributed by atoms with Crippen LogP contribution in [0.5, 0.6) is 11.5 Å². The molecule has 0 spiro atoms. The Morgan fingerprint density at radius 2 is 2.05 bits per heavy atom. The van der Waals surface area contributed by atoms with E-state index in [-0.39, 0.29) is 12.5 Å². The standard InChI is InChI=1S/C15H16ClNO5/c16-11-4-8(5-12-13(11)22-3-1-2-21-12)7-17-14(18)9-6-10(9)15(19)20/h4-5,9-10H,1-3,6-7H2,(H,17,18)(H,19,20)/t9-,10+/m0/s1. The van der Waals surface area contributed by atoms with Gasteiger partial charge in [0.15, 0.2) is 11.5 Å². The first-order chi connectivity index (χ1) is 10.6. The van der Waals surface area contributed by atoms with E-state index in [1.54, 1.807) is 12.1 Å². The zero-order valence-corrected chi connectivity index (χ0v) is 12.6. The number of aliphatic carboxylic acids is 1. The zero-order chi connectivity index (χ0) is 15.7. The number of hydrogen-bond acceptors (Lipinski definition) is 4. The molecule has 1 heterocycles. The molecule has 1 aromatic rings. The predicted octanol–water partition coefficient (Wildman–Crippen LogP) is 1.84. The molecule has 1 aliphatic heterocycles. The van der Waals surface area contributed by atoms with E-state index in [0.717, 1.165) is 12.0 Å². The van der Waals surface area contributed by atoms with Gasteiger partial charge in [-0.15, -0.1) is 0 Å². The van der Waals surface area contributed by atoms with Gasteiger partial charge in [-0.3, -0.25) is 9.59 Å². The van der Waals surface area contributed by atoms with Crippen LogP contribution < -0.4 is 14.8 Å². The molecule has 1 aromatic carbocycles. The largest absolute Gasteiger partial charge is 0.489 e. The molecule has 0 saturated heterocycles. The van der Waals surface area contributed by atoms with Crippen molar-refractivity contribution < 1.29 is 24.2 Å². The van der Waals surface area contributed by atoms with Gasteiger partial charge in [0.25, 0.3) is 0 Å². The van der Waals surface area contributed by atoms with Gasteiger partial charge >= 0.3 is 5.97 Å². The summed E-state index contributed by atoms with van der Waals surface area (Å²) in [7, 11) is 0. The van der Waals surface area contributed by atoms with Gasteiger partial charge in [0.1, 0.15) is 0 Å². The summed E-state index contributed by atoms with van der Waals surface area (Å²) in [6.07, 6.45) is 1.19. The molecule has 1 saturated carbocycles. The Hall–Kier alpha value is -1.95. The molecular weight excluding hydrogens is 310 g/mol. The molecule has 2 N–H and O–H groups in total. The fourth-order valence-corrected chi connectivity index (χ4v) is 2.75. The molecule has 2 atom stereocenters. The smallest absolute Gasteiger partial charge is 0.307 e. The second kappa shape index (κ2) is 6.04. The van der Waals surface area contributed by atoms with Crippen molar-refractivity contribution >= 4 is 23.5 Å². The SMILES string of the molecule is O=C(NCc1cc(Cl)c2c(c1)OCCCO2)[C@H]1C[C@H]1C(=O)O. The van der Waals surface area contributed by atoms with E-state index in [1.165, 1.54) is 0 Å². The Balaban J connectivity index is 1.64. The summed E-state index contributed by atoms with van der Waals surface area (Å²) in [6, 6.07) is 3.51. The van der Waals surface area contributed by atoms with Crippen molar-refractivity contribution in [2.24, 2.45) is 11.8 Å². The topological polar surface area (TPSA) is 84.9 Å². The van der Waals surface area contributed by atoms with Crippen molar-refractivity contribution in [3.8, 4) is 11.5 Å². The highest BCUT2D eigenvalue weighted by Crippen LogP contribution is 2.39. The number of halogens is 1. The molecule has 22 heavy (non-hydrogen) atoms. The second-order valence-corrected chi connectivity index (χ2v) is 5.87. The Morgan fingerprint density at radius 3 is 2.77 bits per heavy atom. The number of benzene rings is 1. The van der Waals surface area contributed by atoms with Crippen molar-refractivity contribution in [3.63, 3.8) is 0 Å². The summed E-state index contributed by atoms with van der Waals surface area (Å²) in [5, 5.41) is 12.0. The number of nitrogens with one attached hydrogen (secondary N) is 1. The molecule has 1 fully saturated rings. The summed E-state index contributed by atoms with van der Waals surface area (Å²) < 4.78 is 11.1. The Labute approximate surface area is 132 Å². The van der Waals surface area contributed by atoms with Crippen LogP contribution in [0.4, 0.5) is 0 Å². The van der Waals surface area contributed by atoms with Crippen LogP contribution in [0, 0.1) is 11.8 Å². The minimum atomic E-state index is -0.918. The number of carbonyl (C=O) groups is 2. The lowest BCUT2D eigenvalue weighted by atomic mass is 10.2. The molecule has 0 unspecified atom stereocenters. The van der Waals surface area contributed by atoms with Gasteiger partial charge in [-0.2, -0.15) is 0 Å². The summed E-state index contributed by atoms with van der Waals surface area (Å²) in [5.74, 6) is -1.03. The Bertz CT molecular complexity index is 618. The third-order valence-electron chi connectivity index (χ3n) is 3.77. The highest BCUT2D eigenvalue weighted by Gasteiger charge is 2.48. The highest BCUT2D eigenvalue weighted by molar-refractivity contribution is 6.32. The lowest BCUT2D eigenvalue weighted by Gasteiger charge is -2.12. The van der Waals surface area contributed by atoms with E-state index in [2.05, 4.69) is 5.32 Å². The first-order valence-electron chi connectivity index (χ1n) is 7.15. The fourth-order valence-electron chi connectivity index (χ4n) is 2.46. The van der Waals surface area contributed by atoms with Crippen molar-refractivity contribution in [3.05, 3.63) is 22.7 Å². The van der Waals surface area contributed by atoms with Crippen LogP contribution in [0.2, 0.25) is 5.02 Å². The maximum Gasteiger partial charge on any atom is 0.307 e. The van der Waals surface area contributed by atoms with Crippen LogP contribution in [-0.4, -0.2) is 30.2 Å². The Morgan fingerprint density at radius 1 is 1.27 bits per heavy atom. The summed E-state index contributed by atoms with van der Waals surface area (Å²) >= 11 is 6.18. The van der Waals surface area contributed by atoms with Crippen LogP contribution in [0.1, 0.15) is 18.4 Å². The average molecular weight is 326 g/mol. The first kappa shape index (κ1) is 15.0. The van der Waals surface area contributed by atoms with Gasteiger partial charge in [-0.25, -0.2) is 0 Å². The Kier molecular flexibility index (Phi) is 4.11. The monoisotopic (exact) mass is 325 g/mol. The molecule has 118 valence electrons. The van der Waals surface area contributed by atoms with Gasteiger partial charge in [-0.1, -0.05) is 11.6 Å². The van der Waals surface area contributed by atoms with Crippen LogP contribution in [0.25, 0.3) is 0 Å². The lowest BCUT2D eigenvalue weighted by Crippen LogP contribution is -2.25. The number of carboxylic acid groups (broad SMARTS) is 1. The van der Waals surface area contributed by atoms with Crippen LogP contribution in [0.15, 0.2) is 12.1 Å². The first-order valence-corrected chi connectivity index (χ1v) is 7.52. The molecule has 0 radical (unpaired) electrons. The van der Waals surface area contributed by atoms with Crippen molar-refractivity contribution in [1.29, 1.82) is 0 Å². The number of rotatable bonds is 4. The maximum atomic E-state index is 11.9. The molecule has 1 amide bonds. The molecular formula is C15H16ClNO5. The molecule has 0 aromatic heterocycles. The minimum absolute atomic E-state index is 0.240. The van der Waals surface area contributed by atoms with Gasteiger partial charge in [-0.05, 0) is 24.1 Å². The quantitative estimate of drug-likeness (QED) is 0.882. The predicted molar refractivity (Wildman–Crippen MR) is 78.1 cm³/mol.